The average molecular weight is 260 g/mol. The lowest BCUT2D eigenvalue weighted by molar-refractivity contribution is 0.0748. The molecule has 1 unspecified atom stereocenters. The molecule has 0 amide bonds. The Balaban J connectivity index is 1.57. The number of likely N-dealkylation sites (N-methyl/N-ethyl adjacent to an activating group) is 1. The van der Waals surface area contributed by atoms with Crippen molar-refractivity contribution in [3.05, 3.63) is 30.5 Å². The van der Waals surface area contributed by atoms with Crippen LogP contribution < -0.4 is 4.74 Å². The van der Waals surface area contributed by atoms with Crippen LogP contribution in [0.5, 0.6) is 5.75 Å². The molecule has 0 bridgehead atoms. The van der Waals surface area contributed by atoms with E-state index >= 15 is 0 Å². The van der Waals surface area contributed by atoms with Gasteiger partial charge in [0.2, 0.25) is 0 Å². The van der Waals surface area contributed by atoms with Gasteiger partial charge in [-0.05, 0) is 38.1 Å². The number of nitrogens with one attached hydrogen (secondary N) is 1. The number of hydrogen-bond donors (Lipinski definition) is 2. The number of H-pyrrole nitrogens is 1. The highest BCUT2D eigenvalue weighted by Crippen LogP contribution is 2.26. The molecule has 4 nitrogen and oxygen atoms in total. The molecular formula is C15H20N2O2. The second-order valence-electron chi connectivity index (χ2n) is 5.33. The van der Waals surface area contributed by atoms with Crippen LogP contribution in [0.2, 0.25) is 0 Å². The Kier molecular flexibility index (Phi) is 3.44. The minimum absolute atomic E-state index is 0.335. The molecule has 3 rings (SSSR count). The molecule has 1 atom stereocenters. The number of aromatic nitrogens is 1. The van der Waals surface area contributed by atoms with Crippen molar-refractivity contribution in [2.24, 2.45) is 0 Å². The monoisotopic (exact) mass is 260 g/mol. The fourth-order valence-electron chi connectivity index (χ4n) is 2.42. The predicted molar refractivity (Wildman–Crippen MR) is 75.5 cm³/mol. The number of rotatable bonds is 6. The van der Waals surface area contributed by atoms with Gasteiger partial charge in [0.15, 0.2) is 0 Å². The first-order valence-corrected chi connectivity index (χ1v) is 6.81. The summed E-state index contributed by atoms with van der Waals surface area (Å²) in [6.45, 7) is 1.01. The Hall–Kier alpha value is -1.52. The first-order valence-electron chi connectivity index (χ1n) is 6.81. The van der Waals surface area contributed by atoms with Gasteiger partial charge in [0, 0.05) is 29.7 Å². The summed E-state index contributed by atoms with van der Waals surface area (Å²) in [6.07, 6.45) is 3.97. The molecule has 4 heteroatoms. The van der Waals surface area contributed by atoms with Gasteiger partial charge in [0.1, 0.15) is 18.5 Å². The molecule has 2 aromatic rings. The van der Waals surface area contributed by atoms with Crippen LogP contribution in [-0.2, 0) is 0 Å². The van der Waals surface area contributed by atoms with Crippen molar-refractivity contribution in [3.63, 3.8) is 0 Å². The number of hydrogen-bond acceptors (Lipinski definition) is 3. The molecule has 1 aliphatic rings. The first kappa shape index (κ1) is 12.5. The second-order valence-corrected chi connectivity index (χ2v) is 5.33. The number of fused-ring (bicyclic) bond motifs is 1. The molecule has 1 aromatic heterocycles. The molecule has 1 heterocycles. The fraction of sp³-hybridized carbons (Fsp3) is 0.467. The summed E-state index contributed by atoms with van der Waals surface area (Å²) in [5, 5.41) is 11.1. The maximum atomic E-state index is 10.0. The second kappa shape index (κ2) is 5.23. The Morgan fingerprint density at radius 2 is 2.26 bits per heavy atom. The smallest absolute Gasteiger partial charge is 0.128 e. The van der Waals surface area contributed by atoms with Gasteiger partial charge in [0.05, 0.1) is 0 Å². The van der Waals surface area contributed by atoms with E-state index in [1.54, 1.807) is 0 Å². The highest BCUT2D eigenvalue weighted by molar-refractivity contribution is 5.85. The van der Waals surface area contributed by atoms with Gasteiger partial charge < -0.3 is 19.7 Å². The van der Waals surface area contributed by atoms with Crippen LogP contribution in [0.1, 0.15) is 12.8 Å². The van der Waals surface area contributed by atoms with Crippen molar-refractivity contribution in [2.45, 2.75) is 25.0 Å². The summed E-state index contributed by atoms with van der Waals surface area (Å²) in [7, 11) is 2.06. The lowest BCUT2D eigenvalue weighted by Crippen LogP contribution is -2.34. The Bertz CT molecular complexity index is 548. The van der Waals surface area contributed by atoms with E-state index in [2.05, 4.69) is 16.9 Å². The summed E-state index contributed by atoms with van der Waals surface area (Å²) in [5.74, 6) is 0.826. The first-order chi connectivity index (χ1) is 9.24. The van der Waals surface area contributed by atoms with Crippen LogP contribution in [0.25, 0.3) is 10.9 Å². The molecule has 1 fully saturated rings. The summed E-state index contributed by atoms with van der Waals surface area (Å²) in [4.78, 5) is 5.37. The zero-order valence-corrected chi connectivity index (χ0v) is 11.2. The highest BCUT2D eigenvalue weighted by Gasteiger charge is 2.27. The normalized spacial score (nSPS) is 17.0. The Morgan fingerprint density at radius 1 is 1.42 bits per heavy atom. The van der Waals surface area contributed by atoms with Crippen molar-refractivity contribution >= 4 is 10.9 Å². The minimum atomic E-state index is -0.445. The van der Waals surface area contributed by atoms with Gasteiger partial charge in [-0.15, -0.1) is 0 Å². The van der Waals surface area contributed by atoms with E-state index < -0.39 is 6.10 Å². The van der Waals surface area contributed by atoms with Crippen LogP contribution in [-0.4, -0.2) is 47.3 Å². The maximum Gasteiger partial charge on any atom is 0.128 e. The SMILES string of the molecule is CN(CC(O)COc1cccc2[nH]ccc12)C1CC1. The lowest BCUT2D eigenvalue weighted by Gasteiger charge is -2.20. The van der Waals surface area contributed by atoms with E-state index in [4.69, 9.17) is 4.74 Å². The quantitative estimate of drug-likeness (QED) is 0.835. The van der Waals surface area contributed by atoms with Crippen LogP contribution in [0.15, 0.2) is 30.5 Å². The van der Waals surface area contributed by atoms with Gasteiger partial charge in [-0.3, -0.25) is 0 Å². The number of nitrogens with zero attached hydrogens (tertiary/aromatic N) is 1. The van der Waals surface area contributed by atoms with Gasteiger partial charge >= 0.3 is 0 Å². The van der Waals surface area contributed by atoms with Gasteiger partial charge in [0.25, 0.3) is 0 Å². The van der Waals surface area contributed by atoms with E-state index in [-0.39, 0.29) is 0 Å². The zero-order chi connectivity index (χ0) is 13.2. The third-order valence-electron chi connectivity index (χ3n) is 3.66. The highest BCUT2D eigenvalue weighted by atomic mass is 16.5. The van der Waals surface area contributed by atoms with Gasteiger partial charge in [-0.1, -0.05) is 6.07 Å². The molecule has 0 radical (unpaired) electrons. The molecule has 102 valence electrons. The average Bonchev–Trinajstić information content (AvgIpc) is 3.14. The molecule has 0 saturated heterocycles. The van der Waals surface area contributed by atoms with Crippen LogP contribution in [0.3, 0.4) is 0 Å². The molecule has 1 aliphatic carbocycles. The third-order valence-corrected chi connectivity index (χ3v) is 3.66. The molecular weight excluding hydrogens is 240 g/mol. The Labute approximate surface area is 113 Å². The third kappa shape index (κ3) is 2.91. The van der Waals surface area contributed by atoms with Crippen molar-refractivity contribution in [2.75, 3.05) is 20.2 Å². The van der Waals surface area contributed by atoms with E-state index in [0.29, 0.717) is 19.2 Å². The van der Waals surface area contributed by atoms with Crippen molar-refractivity contribution in [1.82, 2.24) is 9.88 Å². The predicted octanol–water partition coefficient (Wildman–Crippen LogP) is 2.00. The van der Waals surface area contributed by atoms with E-state index in [9.17, 15) is 5.11 Å². The van der Waals surface area contributed by atoms with Crippen molar-refractivity contribution < 1.29 is 9.84 Å². The van der Waals surface area contributed by atoms with E-state index in [1.165, 1.54) is 12.8 Å². The van der Waals surface area contributed by atoms with E-state index in [1.807, 2.05) is 30.5 Å². The topological polar surface area (TPSA) is 48.5 Å². The molecule has 1 saturated carbocycles. The van der Waals surface area contributed by atoms with Crippen LogP contribution in [0, 0.1) is 0 Å². The van der Waals surface area contributed by atoms with Gasteiger partial charge in [-0.25, -0.2) is 0 Å². The van der Waals surface area contributed by atoms with Crippen LogP contribution >= 0.6 is 0 Å². The number of aliphatic hydroxyl groups is 1. The van der Waals surface area contributed by atoms with E-state index in [0.717, 1.165) is 16.7 Å². The lowest BCUT2D eigenvalue weighted by atomic mass is 10.2. The summed E-state index contributed by atoms with van der Waals surface area (Å²) < 4.78 is 5.74. The molecule has 2 N–H and O–H groups in total. The fourth-order valence-corrected chi connectivity index (χ4v) is 2.42. The molecule has 0 spiro atoms. The number of aromatic amines is 1. The van der Waals surface area contributed by atoms with Crippen molar-refractivity contribution in [3.8, 4) is 5.75 Å². The summed E-state index contributed by atoms with van der Waals surface area (Å²) >= 11 is 0. The summed E-state index contributed by atoms with van der Waals surface area (Å²) in [5.41, 5.74) is 1.06. The van der Waals surface area contributed by atoms with Gasteiger partial charge in [-0.2, -0.15) is 0 Å². The largest absolute Gasteiger partial charge is 0.490 e. The molecule has 1 aromatic carbocycles. The van der Waals surface area contributed by atoms with Crippen molar-refractivity contribution in [1.29, 1.82) is 0 Å². The number of benzene rings is 1. The number of aliphatic hydroxyl groups excluding tert-OH is 1. The zero-order valence-electron chi connectivity index (χ0n) is 11.2. The maximum absolute atomic E-state index is 10.0. The molecule has 19 heavy (non-hydrogen) atoms. The minimum Gasteiger partial charge on any atom is -0.490 e. The number of ether oxygens (including phenoxy) is 1. The summed E-state index contributed by atoms with van der Waals surface area (Å²) in [6, 6.07) is 8.57. The van der Waals surface area contributed by atoms with Crippen LogP contribution in [0.4, 0.5) is 0 Å². The standard InChI is InChI=1S/C15H20N2O2/c1-17(11-5-6-11)9-12(18)10-19-15-4-2-3-14-13(15)7-8-16-14/h2-4,7-8,11-12,16,18H,5-6,9-10H2,1H3. The molecule has 0 aliphatic heterocycles. The Morgan fingerprint density at radius 3 is 3.05 bits per heavy atom.